The molecule has 0 amide bonds. The van der Waals surface area contributed by atoms with Gasteiger partial charge in [-0.2, -0.15) is 0 Å². The first-order valence-electron chi connectivity index (χ1n) is 7.55. The third-order valence-corrected chi connectivity index (χ3v) is 3.43. The number of halogens is 1. The lowest BCUT2D eigenvalue weighted by Gasteiger charge is -2.15. The number of benzene rings is 1. The lowest BCUT2D eigenvalue weighted by atomic mass is 9.93. The van der Waals surface area contributed by atoms with Crippen LogP contribution in [-0.2, 0) is 12.8 Å². The molecular formula is C17H27FO. The third-order valence-electron chi connectivity index (χ3n) is 3.43. The van der Waals surface area contributed by atoms with Gasteiger partial charge >= 0.3 is 0 Å². The Labute approximate surface area is 116 Å². The largest absolute Gasteiger partial charge is 0.508 e. The molecule has 1 aliphatic rings. The van der Waals surface area contributed by atoms with Crippen LogP contribution in [0.5, 0.6) is 5.75 Å². The van der Waals surface area contributed by atoms with E-state index in [1.165, 1.54) is 6.42 Å². The van der Waals surface area contributed by atoms with Crippen LogP contribution in [0.2, 0.25) is 0 Å². The first kappa shape index (κ1) is 16.0. The molecule has 108 valence electrons. The summed E-state index contributed by atoms with van der Waals surface area (Å²) in [5.41, 5.74) is 2.34. The van der Waals surface area contributed by atoms with Gasteiger partial charge in [0.2, 0.25) is 0 Å². The molecule has 2 heteroatoms. The molecule has 0 atom stereocenters. The van der Waals surface area contributed by atoms with Gasteiger partial charge in [0.15, 0.2) is 0 Å². The van der Waals surface area contributed by atoms with Crippen LogP contribution in [-0.4, -0.2) is 5.11 Å². The van der Waals surface area contributed by atoms with Gasteiger partial charge in [0, 0.05) is 5.56 Å². The molecule has 0 fully saturated rings. The Balaban J connectivity index is 0.000000550. The van der Waals surface area contributed by atoms with Crippen molar-refractivity contribution in [2.45, 2.75) is 72.1 Å². The number of aromatic hydroxyl groups is 1. The summed E-state index contributed by atoms with van der Waals surface area (Å²) in [4.78, 5) is 0. The Bertz CT molecular complexity index is 410. The van der Waals surface area contributed by atoms with Gasteiger partial charge in [-0.15, -0.1) is 0 Å². The highest BCUT2D eigenvalue weighted by Crippen LogP contribution is 2.35. The van der Waals surface area contributed by atoms with Gasteiger partial charge in [-0.3, -0.25) is 0 Å². The molecule has 0 bridgehead atoms. The van der Waals surface area contributed by atoms with Gasteiger partial charge in [0.25, 0.3) is 0 Å². The van der Waals surface area contributed by atoms with Crippen molar-refractivity contribution >= 4 is 0 Å². The van der Waals surface area contributed by atoms with Gasteiger partial charge < -0.3 is 5.11 Å². The summed E-state index contributed by atoms with van der Waals surface area (Å²) in [6.07, 6.45) is 6.30. The Morgan fingerprint density at radius 2 is 1.74 bits per heavy atom. The zero-order valence-corrected chi connectivity index (χ0v) is 12.7. The molecular weight excluding hydrogens is 239 g/mol. The van der Waals surface area contributed by atoms with E-state index >= 15 is 0 Å². The number of phenols is 1. The molecule has 1 aromatic rings. The van der Waals surface area contributed by atoms with E-state index in [0.29, 0.717) is 5.56 Å². The first-order valence-corrected chi connectivity index (χ1v) is 7.55. The first-order chi connectivity index (χ1) is 9.02. The second-order valence-electron chi connectivity index (χ2n) is 5.68. The van der Waals surface area contributed by atoms with Gasteiger partial charge in [-0.25, -0.2) is 4.39 Å². The minimum absolute atomic E-state index is 0.0357. The van der Waals surface area contributed by atoms with E-state index in [9.17, 15) is 9.50 Å². The second-order valence-corrected chi connectivity index (χ2v) is 5.68. The van der Waals surface area contributed by atoms with E-state index in [-0.39, 0.29) is 17.5 Å². The van der Waals surface area contributed by atoms with E-state index < -0.39 is 0 Å². The van der Waals surface area contributed by atoms with E-state index in [1.54, 1.807) is 6.07 Å². The van der Waals surface area contributed by atoms with Crippen molar-refractivity contribution in [3.05, 3.63) is 28.6 Å². The highest BCUT2D eigenvalue weighted by atomic mass is 19.1. The fraction of sp³-hybridized carbons (Fsp3) is 0.647. The van der Waals surface area contributed by atoms with Crippen LogP contribution < -0.4 is 0 Å². The summed E-state index contributed by atoms with van der Waals surface area (Å²) in [6, 6.07) is 1.78. The molecule has 0 radical (unpaired) electrons. The summed E-state index contributed by atoms with van der Waals surface area (Å²) in [6.45, 7) is 8.09. The van der Waals surface area contributed by atoms with Gasteiger partial charge in [-0.05, 0) is 48.8 Å². The van der Waals surface area contributed by atoms with Crippen molar-refractivity contribution in [3.8, 4) is 5.75 Å². The zero-order chi connectivity index (χ0) is 14.4. The fourth-order valence-electron chi connectivity index (χ4n) is 2.58. The van der Waals surface area contributed by atoms with Crippen molar-refractivity contribution in [3.63, 3.8) is 0 Å². The lowest BCUT2D eigenvalue weighted by Crippen LogP contribution is -2.03. The Hall–Kier alpha value is -1.05. The second kappa shape index (κ2) is 7.52. The minimum Gasteiger partial charge on any atom is -0.508 e. The van der Waals surface area contributed by atoms with Crippen molar-refractivity contribution in [2.75, 3.05) is 0 Å². The van der Waals surface area contributed by atoms with E-state index in [0.717, 1.165) is 43.2 Å². The molecule has 0 aromatic heterocycles. The predicted molar refractivity (Wildman–Crippen MR) is 79.4 cm³/mol. The van der Waals surface area contributed by atoms with Crippen LogP contribution in [0.3, 0.4) is 0 Å². The SMILES string of the molecule is CC(C)c1c(O)cc2c(c1F)CCCCC2.CCC. The topological polar surface area (TPSA) is 20.2 Å². The number of hydrogen-bond donors (Lipinski definition) is 1. The molecule has 1 N–H and O–H groups in total. The van der Waals surface area contributed by atoms with Crippen LogP contribution >= 0.6 is 0 Å². The van der Waals surface area contributed by atoms with Crippen molar-refractivity contribution in [1.82, 2.24) is 0 Å². The summed E-state index contributed by atoms with van der Waals surface area (Å²) in [5.74, 6) is 0.00797. The molecule has 1 aliphatic carbocycles. The van der Waals surface area contributed by atoms with Crippen molar-refractivity contribution in [1.29, 1.82) is 0 Å². The minimum atomic E-state index is -0.160. The van der Waals surface area contributed by atoms with E-state index in [1.807, 2.05) is 13.8 Å². The number of fused-ring (bicyclic) bond motifs is 1. The molecule has 0 unspecified atom stereocenters. The fourth-order valence-corrected chi connectivity index (χ4v) is 2.58. The molecule has 0 heterocycles. The Kier molecular flexibility index (Phi) is 6.33. The van der Waals surface area contributed by atoms with Crippen molar-refractivity contribution in [2.24, 2.45) is 0 Å². The number of hydrogen-bond acceptors (Lipinski definition) is 1. The molecule has 0 saturated heterocycles. The molecule has 1 aromatic carbocycles. The summed E-state index contributed by atoms with van der Waals surface area (Å²) in [7, 11) is 0. The quantitative estimate of drug-likeness (QED) is 0.680. The van der Waals surface area contributed by atoms with Gasteiger partial charge in [0.1, 0.15) is 11.6 Å². The van der Waals surface area contributed by atoms with Crippen LogP contribution in [0.1, 0.15) is 76.0 Å². The average Bonchev–Trinajstić information content (AvgIpc) is 2.54. The summed E-state index contributed by atoms with van der Waals surface area (Å²) in [5, 5.41) is 9.87. The Morgan fingerprint density at radius 3 is 2.32 bits per heavy atom. The molecule has 19 heavy (non-hydrogen) atoms. The molecule has 0 spiro atoms. The smallest absolute Gasteiger partial charge is 0.133 e. The molecule has 1 nitrogen and oxygen atoms in total. The molecule has 2 rings (SSSR count). The summed E-state index contributed by atoms with van der Waals surface area (Å²) >= 11 is 0. The Morgan fingerprint density at radius 1 is 1.16 bits per heavy atom. The highest BCUT2D eigenvalue weighted by molar-refractivity contribution is 5.45. The maximum atomic E-state index is 14.3. The maximum absolute atomic E-state index is 14.3. The normalized spacial score (nSPS) is 14.4. The van der Waals surface area contributed by atoms with E-state index in [2.05, 4.69) is 13.8 Å². The average molecular weight is 266 g/mol. The molecule has 0 saturated carbocycles. The van der Waals surface area contributed by atoms with Crippen LogP contribution in [0.25, 0.3) is 0 Å². The molecule has 0 aliphatic heterocycles. The summed E-state index contributed by atoms with van der Waals surface area (Å²) < 4.78 is 14.3. The van der Waals surface area contributed by atoms with E-state index in [4.69, 9.17) is 0 Å². The third kappa shape index (κ3) is 3.95. The predicted octanol–water partition coefficient (Wildman–Crippen LogP) is 5.34. The highest BCUT2D eigenvalue weighted by Gasteiger charge is 2.20. The van der Waals surface area contributed by atoms with Gasteiger partial charge in [0.05, 0.1) is 0 Å². The number of aryl methyl sites for hydroxylation is 1. The maximum Gasteiger partial charge on any atom is 0.133 e. The zero-order valence-electron chi connectivity index (χ0n) is 12.7. The monoisotopic (exact) mass is 266 g/mol. The van der Waals surface area contributed by atoms with Crippen molar-refractivity contribution < 1.29 is 9.50 Å². The number of phenolic OH excluding ortho intramolecular Hbond substituents is 1. The number of rotatable bonds is 1. The standard InChI is InChI=1S/C14H19FO.C3H8/c1-9(2)13-12(16)8-10-6-4-3-5-7-11(10)14(13)15;1-3-2/h8-9,16H,3-7H2,1-2H3;3H2,1-2H3. The van der Waals surface area contributed by atoms with Crippen LogP contribution in [0.4, 0.5) is 4.39 Å². The lowest BCUT2D eigenvalue weighted by molar-refractivity contribution is 0.450. The van der Waals surface area contributed by atoms with Crippen LogP contribution in [0.15, 0.2) is 6.07 Å². The van der Waals surface area contributed by atoms with Gasteiger partial charge in [-0.1, -0.05) is 40.5 Å². The van der Waals surface area contributed by atoms with Crippen LogP contribution in [0, 0.1) is 5.82 Å².